The summed E-state index contributed by atoms with van der Waals surface area (Å²) in [6.07, 6.45) is 7.63. The minimum atomic E-state index is -0.143. The van der Waals surface area contributed by atoms with E-state index in [0.29, 0.717) is 18.7 Å². The van der Waals surface area contributed by atoms with Crippen LogP contribution in [0.1, 0.15) is 60.9 Å². The molecule has 1 aromatic rings. The van der Waals surface area contributed by atoms with E-state index < -0.39 is 0 Å². The molecule has 3 N–H and O–H groups in total. The second kappa shape index (κ2) is 8.89. The fourth-order valence-corrected chi connectivity index (χ4v) is 6.15. The summed E-state index contributed by atoms with van der Waals surface area (Å²) in [7, 11) is 3.43. The monoisotopic (exact) mass is 426 g/mol. The molecule has 4 aliphatic carbocycles. The van der Waals surface area contributed by atoms with Crippen molar-refractivity contribution < 1.29 is 14.4 Å². The number of carbonyl (C=O) groups is 3. The van der Waals surface area contributed by atoms with Gasteiger partial charge >= 0.3 is 6.03 Å². The van der Waals surface area contributed by atoms with Crippen LogP contribution in [0.15, 0.2) is 24.3 Å². The van der Waals surface area contributed by atoms with Gasteiger partial charge in [-0.25, -0.2) is 4.79 Å². The van der Waals surface area contributed by atoms with Crippen LogP contribution in [0.25, 0.3) is 0 Å². The summed E-state index contributed by atoms with van der Waals surface area (Å²) in [4.78, 5) is 38.0. The van der Waals surface area contributed by atoms with Crippen LogP contribution in [0.4, 0.5) is 4.79 Å². The minimum absolute atomic E-state index is 0.0127. The summed E-state index contributed by atoms with van der Waals surface area (Å²) in [5, 5.41) is 8.99. The number of benzene rings is 1. The van der Waals surface area contributed by atoms with Crippen LogP contribution in [-0.2, 0) is 11.3 Å². The molecule has 5 rings (SSSR count). The first-order valence-electron chi connectivity index (χ1n) is 11.5. The van der Waals surface area contributed by atoms with Gasteiger partial charge in [0.1, 0.15) is 0 Å². The van der Waals surface area contributed by atoms with E-state index in [1.54, 1.807) is 26.2 Å². The standard InChI is InChI=1S/C24H34N4O3/c1-28(2)22(30)20-5-3-16(4-6-20)15-26-21(29)7-8-25-23(31)27-24-12-17-9-18(13-24)11-19(10-17)14-24/h3-6,17-19H,7-15H2,1-2H3,(H,26,29)(H2,25,27,31). The minimum Gasteiger partial charge on any atom is -0.352 e. The smallest absolute Gasteiger partial charge is 0.315 e. The first kappa shape index (κ1) is 21.7. The van der Waals surface area contributed by atoms with E-state index in [1.165, 1.54) is 24.2 Å². The highest BCUT2D eigenvalue weighted by molar-refractivity contribution is 5.93. The van der Waals surface area contributed by atoms with Gasteiger partial charge < -0.3 is 20.9 Å². The number of carbonyl (C=O) groups excluding carboxylic acids is 3. The maximum absolute atomic E-state index is 12.4. The molecule has 4 fully saturated rings. The summed E-state index contributed by atoms with van der Waals surface area (Å²) in [6.45, 7) is 0.717. The fraction of sp³-hybridized carbons (Fsp3) is 0.625. The predicted octanol–water partition coefficient (Wildman–Crippen LogP) is 2.66. The fourth-order valence-electron chi connectivity index (χ4n) is 6.15. The lowest BCUT2D eigenvalue weighted by atomic mass is 9.53. The third kappa shape index (κ3) is 5.20. The molecule has 0 spiro atoms. The summed E-state index contributed by atoms with van der Waals surface area (Å²) in [6, 6.07) is 7.07. The van der Waals surface area contributed by atoms with Crippen LogP contribution in [0.5, 0.6) is 0 Å². The van der Waals surface area contributed by atoms with Gasteiger partial charge in [0.2, 0.25) is 5.91 Å². The molecular weight excluding hydrogens is 392 g/mol. The number of hydrogen-bond donors (Lipinski definition) is 3. The first-order chi connectivity index (χ1) is 14.8. The molecule has 4 aliphatic rings. The average molecular weight is 427 g/mol. The molecule has 4 bridgehead atoms. The van der Waals surface area contributed by atoms with Crippen molar-refractivity contribution in [1.82, 2.24) is 20.9 Å². The number of urea groups is 1. The van der Waals surface area contributed by atoms with Crippen molar-refractivity contribution in [2.75, 3.05) is 20.6 Å². The zero-order valence-electron chi connectivity index (χ0n) is 18.6. The molecule has 168 valence electrons. The number of rotatable bonds is 7. The molecule has 0 heterocycles. The van der Waals surface area contributed by atoms with Crippen LogP contribution >= 0.6 is 0 Å². The van der Waals surface area contributed by atoms with Gasteiger partial charge in [-0.3, -0.25) is 9.59 Å². The summed E-state index contributed by atoms with van der Waals surface area (Å²) >= 11 is 0. The molecule has 4 amide bonds. The van der Waals surface area contributed by atoms with Gasteiger partial charge in [0.15, 0.2) is 0 Å². The number of amides is 4. The van der Waals surface area contributed by atoms with Crippen molar-refractivity contribution >= 4 is 17.8 Å². The van der Waals surface area contributed by atoms with E-state index in [0.717, 1.165) is 42.6 Å². The maximum atomic E-state index is 12.4. The number of nitrogens with zero attached hydrogens (tertiary/aromatic N) is 1. The van der Waals surface area contributed by atoms with Crippen LogP contribution < -0.4 is 16.0 Å². The van der Waals surface area contributed by atoms with E-state index in [1.807, 2.05) is 12.1 Å². The van der Waals surface area contributed by atoms with Crippen molar-refractivity contribution in [2.24, 2.45) is 17.8 Å². The van der Waals surface area contributed by atoms with Gasteiger partial charge in [-0.1, -0.05) is 12.1 Å². The molecule has 0 aromatic heterocycles. The van der Waals surface area contributed by atoms with Gasteiger partial charge in [0.05, 0.1) is 0 Å². The van der Waals surface area contributed by atoms with Crippen LogP contribution in [0, 0.1) is 17.8 Å². The van der Waals surface area contributed by atoms with E-state index >= 15 is 0 Å². The van der Waals surface area contributed by atoms with Crippen LogP contribution in [0.2, 0.25) is 0 Å². The Hall–Kier alpha value is -2.57. The highest BCUT2D eigenvalue weighted by Gasteiger charge is 2.51. The lowest BCUT2D eigenvalue weighted by Gasteiger charge is -2.56. The summed E-state index contributed by atoms with van der Waals surface area (Å²) < 4.78 is 0. The lowest BCUT2D eigenvalue weighted by molar-refractivity contribution is -0.121. The van der Waals surface area contributed by atoms with E-state index in [-0.39, 0.29) is 29.8 Å². The summed E-state index contributed by atoms with van der Waals surface area (Å²) in [5.74, 6) is 2.20. The van der Waals surface area contributed by atoms with Gasteiger partial charge in [0.25, 0.3) is 5.91 Å². The SMILES string of the molecule is CN(C)C(=O)c1ccc(CNC(=O)CCNC(=O)NC23CC4CC(CC(C4)C2)C3)cc1. The van der Waals surface area contributed by atoms with E-state index in [4.69, 9.17) is 0 Å². The molecule has 4 saturated carbocycles. The largest absolute Gasteiger partial charge is 0.352 e. The Morgan fingerprint density at radius 3 is 2.06 bits per heavy atom. The quantitative estimate of drug-likeness (QED) is 0.626. The number of nitrogens with one attached hydrogen (secondary N) is 3. The molecule has 7 nitrogen and oxygen atoms in total. The molecule has 0 aliphatic heterocycles. The predicted molar refractivity (Wildman–Crippen MR) is 118 cm³/mol. The normalized spacial score (nSPS) is 28.1. The Bertz CT molecular complexity index is 798. The van der Waals surface area contributed by atoms with Crippen LogP contribution in [0.3, 0.4) is 0 Å². The van der Waals surface area contributed by atoms with Crippen molar-refractivity contribution in [3.63, 3.8) is 0 Å². The van der Waals surface area contributed by atoms with Gasteiger partial charge in [0, 0.05) is 44.7 Å². The Balaban J connectivity index is 1.15. The van der Waals surface area contributed by atoms with Gasteiger partial charge in [-0.05, 0) is 74.0 Å². The molecule has 31 heavy (non-hydrogen) atoms. The Morgan fingerprint density at radius 1 is 0.935 bits per heavy atom. The topological polar surface area (TPSA) is 90.5 Å². The zero-order valence-corrected chi connectivity index (χ0v) is 18.6. The van der Waals surface area contributed by atoms with Gasteiger partial charge in [-0.15, -0.1) is 0 Å². The van der Waals surface area contributed by atoms with Crippen molar-refractivity contribution in [3.8, 4) is 0 Å². The molecule has 7 heteroatoms. The van der Waals surface area contributed by atoms with Crippen LogP contribution in [-0.4, -0.2) is 48.9 Å². The van der Waals surface area contributed by atoms with E-state index in [9.17, 15) is 14.4 Å². The maximum Gasteiger partial charge on any atom is 0.315 e. The Morgan fingerprint density at radius 2 is 1.52 bits per heavy atom. The highest BCUT2D eigenvalue weighted by atomic mass is 16.2. The van der Waals surface area contributed by atoms with Crippen molar-refractivity contribution in [3.05, 3.63) is 35.4 Å². The Kier molecular flexibility index (Phi) is 6.21. The second-order valence-corrected chi connectivity index (χ2v) is 10.0. The molecule has 0 radical (unpaired) electrons. The summed E-state index contributed by atoms with van der Waals surface area (Å²) in [5.41, 5.74) is 1.53. The second-order valence-electron chi connectivity index (χ2n) is 10.0. The number of hydrogen-bond acceptors (Lipinski definition) is 3. The average Bonchev–Trinajstić information content (AvgIpc) is 2.70. The van der Waals surface area contributed by atoms with E-state index in [2.05, 4.69) is 16.0 Å². The zero-order chi connectivity index (χ0) is 22.0. The highest BCUT2D eigenvalue weighted by Crippen LogP contribution is 2.55. The third-order valence-electron chi connectivity index (χ3n) is 7.15. The van der Waals surface area contributed by atoms with Crippen molar-refractivity contribution in [2.45, 2.75) is 57.0 Å². The molecular formula is C24H34N4O3. The molecule has 0 atom stereocenters. The molecule has 1 aromatic carbocycles. The van der Waals surface area contributed by atoms with Gasteiger partial charge in [-0.2, -0.15) is 0 Å². The molecule has 0 saturated heterocycles. The first-order valence-corrected chi connectivity index (χ1v) is 11.5. The lowest BCUT2D eigenvalue weighted by Crippen LogP contribution is -2.61. The third-order valence-corrected chi connectivity index (χ3v) is 7.15. The molecule has 0 unspecified atom stereocenters. The Labute approximate surface area is 184 Å². The van der Waals surface area contributed by atoms with Crippen molar-refractivity contribution in [1.29, 1.82) is 0 Å².